The number of amidine groups is 1. The summed E-state index contributed by atoms with van der Waals surface area (Å²) in [6, 6.07) is 5.66. The lowest BCUT2D eigenvalue weighted by atomic mass is 10.0. The summed E-state index contributed by atoms with van der Waals surface area (Å²) < 4.78 is 0. The number of nitrogens with zero attached hydrogens (tertiary/aromatic N) is 1. The highest BCUT2D eigenvalue weighted by atomic mass is 16.4. The van der Waals surface area contributed by atoms with Crippen molar-refractivity contribution in [2.45, 2.75) is 19.9 Å². The summed E-state index contributed by atoms with van der Waals surface area (Å²) in [6.07, 6.45) is 0.751. The number of oxime groups is 1. The van der Waals surface area contributed by atoms with Gasteiger partial charge in [0.05, 0.1) is 0 Å². The quantitative estimate of drug-likeness (QED) is 0.191. The fraction of sp³-hybridized carbons (Fsp3) is 0.417. The molecule has 0 atom stereocenters. The molecule has 17 heavy (non-hydrogen) atoms. The molecule has 0 saturated heterocycles. The molecule has 0 aliphatic carbocycles. The molecule has 0 amide bonds. The molecule has 94 valence electrons. The first-order chi connectivity index (χ1) is 8.19. The molecular weight excluding hydrogens is 218 g/mol. The average molecular weight is 237 g/mol. The van der Waals surface area contributed by atoms with Gasteiger partial charge >= 0.3 is 0 Å². The highest BCUT2D eigenvalue weighted by Gasteiger charge is 2.03. The number of nitrogens with one attached hydrogen (secondary N) is 1. The van der Waals surface area contributed by atoms with E-state index in [2.05, 4.69) is 10.5 Å². The predicted molar refractivity (Wildman–Crippen MR) is 67.1 cm³/mol. The van der Waals surface area contributed by atoms with Gasteiger partial charge in [-0.25, -0.2) is 0 Å². The van der Waals surface area contributed by atoms with Crippen molar-refractivity contribution in [2.24, 2.45) is 10.9 Å². The third-order valence-electron chi connectivity index (χ3n) is 2.57. The minimum atomic E-state index is 0.118. The lowest BCUT2D eigenvalue weighted by Crippen LogP contribution is -2.17. The van der Waals surface area contributed by atoms with Gasteiger partial charge in [0.1, 0.15) is 0 Å². The van der Waals surface area contributed by atoms with Crippen LogP contribution in [-0.4, -0.2) is 29.3 Å². The number of aryl methyl sites for hydroxylation is 1. The van der Waals surface area contributed by atoms with Crippen molar-refractivity contribution in [2.75, 3.05) is 13.2 Å². The van der Waals surface area contributed by atoms with E-state index in [9.17, 15) is 0 Å². The minimum absolute atomic E-state index is 0.118. The van der Waals surface area contributed by atoms with Crippen LogP contribution in [0.2, 0.25) is 0 Å². The number of benzene rings is 1. The van der Waals surface area contributed by atoms with Gasteiger partial charge in [-0.3, -0.25) is 0 Å². The van der Waals surface area contributed by atoms with E-state index in [-0.39, 0.29) is 12.4 Å². The molecule has 0 radical (unpaired) electrons. The van der Waals surface area contributed by atoms with Crippen LogP contribution in [0, 0.1) is 6.92 Å². The Labute approximate surface area is 101 Å². The molecule has 1 aromatic rings. The van der Waals surface area contributed by atoms with Gasteiger partial charge in [-0.05, 0) is 37.1 Å². The van der Waals surface area contributed by atoms with Crippen molar-refractivity contribution >= 4 is 5.84 Å². The van der Waals surface area contributed by atoms with Crippen LogP contribution in [0.25, 0.3) is 0 Å². The molecule has 0 saturated carbocycles. The Hall–Kier alpha value is -1.59. The number of rotatable bonds is 6. The van der Waals surface area contributed by atoms with Gasteiger partial charge in [0.2, 0.25) is 0 Å². The smallest absolute Gasteiger partial charge is 0.170 e. The third-order valence-corrected chi connectivity index (χ3v) is 2.57. The SMILES string of the molecule is Cc1cc(/C(N)=N/O)ccc1CNCCCO. The Morgan fingerprint density at radius 3 is 2.82 bits per heavy atom. The maximum absolute atomic E-state index is 8.65. The zero-order valence-corrected chi connectivity index (χ0v) is 9.98. The van der Waals surface area contributed by atoms with E-state index in [1.165, 1.54) is 0 Å². The van der Waals surface area contributed by atoms with Crippen molar-refractivity contribution in [1.82, 2.24) is 5.32 Å². The Bertz CT molecular complexity index is 391. The Balaban J connectivity index is 2.63. The summed E-state index contributed by atoms with van der Waals surface area (Å²) in [5.41, 5.74) is 8.47. The van der Waals surface area contributed by atoms with Gasteiger partial charge in [-0.2, -0.15) is 0 Å². The average Bonchev–Trinajstić information content (AvgIpc) is 2.35. The molecule has 5 heteroatoms. The highest BCUT2D eigenvalue weighted by molar-refractivity contribution is 5.97. The maximum Gasteiger partial charge on any atom is 0.170 e. The summed E-state index contributed by atoms with van der Waals surface area (Å²) in [4.78, 5) is 0. The molecule has 0 aliphatic heterocycles. The summed E-state index contributed by atoms with van der Waals surface area (Å²) in [5.74, 6) is 0.118. The van der Waals surface area contributed by atoms with E-state index in [1.807, 2.05) is 25.1 Å². The lowest BCUT2D eigenvalue weighted by molar-refractivity contribution is 0.286. The van der Waals surface area contributed by atoms with Crippen molar-refractivity contribution in [3.8, 4) is 0 Å². The zero-order chi connectivity index (χ0) is 12.7. The first-order valence-electron chi connectivity index (χ1n) is 5.58. The van der Waals surface area contributed by atoms with Gasteiger partial charge in [0.25, 0.3) is 0 Å². The van der Waals surface area contributed by atoms with E-state index in [0.717, 1.165) is 30.6 Å². The van der Waals surface area contributed by atoms with Crippen molar-refractivity contribution in [1.29, 1.82) is 0 Å². The van der Waals surface area contributed by atoms with Gasteiger partial charge in [-0.1, -0.05) is 17.3 Å². The number of aliphatic hydroxyl groups is 1. The Kier molecular flexibility index (Phi) is 5.45. The Morgan fingerprint density at radius 1 is 1.47 bits per heavy atom. The van der Waals surface area contributed by atoms with E-state index in [0.29, 0.717) is 5.56 Å². The molecule has 5 nitrogen and oxygen atoms in total. The van der Waals surface area contributed by atoms with E-state index in [4.69, 9.17) is 16.0 Å². The summed E-state index contributed by atoms with van der Waals surface area (Å²) in [7, 11) is 0. The van der Waals surface area contributed by atoms with E-state index in [1.54, 1.807) is 0 Å². The van der Waals surface area contributed by atoms with Crippen LogP contribution in [0.1, 0.15) is 23.1 Å². The maximum atomic E-state index is 8.65. The van der Waals surface area contributed by atoms with Gasteiger partial charge < -0.3 is 21.4 Å². The standard InChI is InChI=1S/C12H19N3O2/c1-9-7-10(12(13)15-17)3-4-11(9)8-14-5-2-6-16/h3-4,7,14,16-17H,2,5-6,8H2,1H3,(H2,13,15). The van der Waals surface area contributed by atoms with Crippen LogP contribution in [0.5, 0.6) is 0 Å². The summed E-state index contributed by atoms with van der Waals surface area (Å²) in [5, 5.41) is 23.4. The second-order valence-electron chi connectivity index (χ2n) is 3.88. The number of nitrogens with two attached hydrogens (primary N) is 1. The van der Waals surface area contributed by atoms with Crippen LogP contribution in [-0.2, 0) is 6.54 Å². The van der Waals surface area contributed by atoms with Crippen molar-refractivity contribution in [3.63, 3.8) is 0 Å². The van der Waals surface area contributed by atoms with Crippen LogP contribution in [0.15, 0.2) is 23.4 Å². The zero-order valence-electron chi connectivity index (χ0n) is 9.98. The Morgan fingerprint density at radius 2 is 2.24 bits per heavy atom. The monoisotopic (exact) mass is 237 g/mol. The molecule has 0 unspecified atom stereocenters. The summed E-state index contributed by atoms with van der Waals surface area (Å²) >= 11 is 0. The fourth-order valence-corrected chi connectivity index (χ4v) is 1.54. The highest BCUT2D eigenvalue weighted by Crippen LogP contribution is 2.10. The second kappa shape index (κ2) is 6.88. The molecule has 5 N–H and O–H groups in total. The molecule has 0 spiro atoms. The molecule has 0 aliphatic rings. The minimum Gasteiger partial charge on any atom is -0.409 e. The number of aliphatic hydroxyl groups excluding tert-OH is 1. The van der Waals surface area contributed by atoms with E-state index >= 15 is 0 Å². The molecular formula is C12H19N3O2. The fourth-order valence-electron chi connectivity index (χ4n) is 1.54. The van der Waals surface area contributed by atoms with Crippen LogP contribution >= 0.6 is 0 Å². The normalized spacial score (nSPS) is 11.8. The summed E-state index contributed by atoms with van der Waals surface area (Å²) in [6.45, 7) is 3.73. The third kappa shape index (κ3) is 4.05. The predicted octanol–water partition coefficient (Wildman–Crippen LogP) is 0.562. The molecule has 0 bridgehead atoms. The largest absolute Gasteiger partial charge is 0.409 e. The topological polar surface area (TPSA) is 90.9 Å². The lowest BCUT2D eigenvalue weighted by Gasteiger charge is -2.09. The second-order valence-corrected chi connectivity index (χ2v) is 3.88. The van der Waals surface area contributed by atoms with E-state index < -0.39 is 0 Å². The van der Waals surface area contributed by atoms with Gasteiger partial charge in [-0.15, -0.1) is 0 Å². The molecule has 0 fully saturated rings. The first-order valence-corrected chi connectivity index (χ1v) is 5.58. The van der Waals surface area contributed by atoms with Gasteiger partial charge in [0, 0.05) is 18.7 Å². The van der Waals surface area contributed by atoms with Crippen LogP contribution in [0.4, 0.5) is 0 Å². The molecule has 0 aromatic heterocycles. The molecule has 1 rings (SSSR count). The van der Waals surface area contributed by atoms with Crippen LogP contribution in [0.3, 0.4) is 0 Å². The number of hydrogen-bond donors (Lipinski definition) is 4. The molecule has 0 heterocycles. The molecule has 1 aromatic carbocycles. The first kappa shape index (κ1) is 13.5. The van der Waals surface area contributed by atoms with Gasteiger partial charge in [0.15, 0.2) is 5.84 Å². The van der Waals surface area contributed by atoms with Crippen molar-refractivity contribution < 1.29 is 10.3 Å². The van der Waals surface area contributed by atoms with Crippen molar-refractivity contribution in [3.05, 3.63) is 34.9 Å². The van der Waals surface area contributed by atoms with Crippen LogP contribution < -0.4 is 11.1 Å². The number of hydrogen-bond acceptors (Lipinski definition) is 4.